The zero-order valence-corrected chi connectivity index (χ0v) is 7.76. The minimum Gasteiger partial charge on any atom is -0.330 e. The molecular formula is C11H14FN. The monoisotopic (exact) mass is 179 g/mol. The Hall–Kier alpha value is -0.890. The number of hydrogen-bond acceptors (Lipinski definition) is 1. The maximum Gasteiger partial charge on any atom is 0.140 e. The summed E-state index contributed by atoms with van der Waals surface area (Å²) in [6.45, 7) is 2.43. The Balaban J connectivity index is 2.27. The number of nitrogens with two attached hydrogens (primary N) is 1. The molecule has 1 aliphatic rings. The van der Waals surface area contributed by atoms with Crippen molar-refractivity contribution in [1.29, 1.82) is 0 Å². The maximum atomic E-state index is 14.0. The van der Waals surface area contributed by atoms with Crippen LogP contribution in [0.4, 0.5) is 4.39 Å². The van der Waals surface area contributed by atoms with E-state index in [2.05, 4.69) is 0 Å². The van der Waals surface area contributed by atoms with Crippen LogP contribution in [0.2, 0.25) is 0 Å². The van der Waals surface area contributed by atoms with E-state index in [1.807, 2.05) is 31.2 Å². The molecule has 0 heterocycles. The lowest BCUT2D eigenvalue weighted by molar-refractivity contribution is 0.288. The molecule has 0 bridgehead atoms. The van der Waals surface area contributed by atoms with Gasteiger partial charge in [0.1, 0.15) is 5.67 Å². The second-order valence-electron chi connectivity index (χ2n) is 3.87. The van der Waals surface area contributed by atoms with Crippen molar-refractivity contribution in [3.8, 4) is 0 Å². The number of benzene rings is 1. The lowest BCUT2D eigenvalue weighted by Gasteiger charge is -2.07. The van der Waals surface area contributed by atoms with E-state index in [4.69, 9.17) is 5.73 Å². The summed E-state index contributed by atoms with van der Waals surface area (Å²) >= 11 is 0. The normalized spacial score (nSPS) is 31.8. The second-order valence-corrected chi connectivity index (χ2v) is 3.87. The molecule has 2 atom stereocenters. The first-order valence-corrected chi connectivity index (χ1v) is 4.63. The van der Waals surface area contributed by atoms with E-state index >= 15 is 0 Å². The van der Waals surface area contributed by atoms with Crippen LogP contribution in [-0.2, 0) is 5.67 Å². The highest BCUT2D eigenvalue weighted by Crippen LogP contribution is 2.54. The van der Waals surface area contributed by atoms with Crippen LogP contribution in [0.1, 0.15) is 17.5 Å². The minimum atomic E-state index is -1.12. The fourth-order valence-electron chi connectivity index (χ4n) is 1.83. The van der Waals surface area contributed by atoms with Gasteiger partial charge in [-0.15, -0.1) is 0 Å². The molecule has 1 aromatic rings. The van der Waals surface area contributed by atoms with Gasteiger partial charge in [0, 0.05) is 5.92 Å². The van der Waals surface area contributed by atoms with Gasteiger partial charge in [0.15, 0.2) is 0 Å². The van der Waals surface area contributed by atoms with E-state index in [9.17, 15) is 4.39 Å². The molecular weight excluding hydrogens is 165 g/mol. The Morgan fingerprint density at radius 3 is 2.92 bits per heavy atom. The molecule has 2 heteroatoms. The molecule has 1 fully saturated rings. The van der Waals surface area contributed by atoms with Crippen molar-refractivity contribution >= 4 is 0 Å². The Kier molecular flexibility index (Phi) is 1.88. The molecule has 13 heavy (non-hydrogen) atoms. The van der Waals surface area contributed by atoms with Crippen molar-refractivity contribution in [2.24, 2.45) is 11.7 Å². The van der Waals surface area contributed by atoms with Crippen LogP contribution >= 0.6 is 0 Å². The number of hydrogen-bond donors (Lipinski definition) is 1. The third-order valence-corrected chi connectivity index (χ3v) is 2.81. The fourth-order valence-corrected chi connectivity index (χ4v) is 1.83. The van der Waals surface area contributed by atoms with E-state index in [1.165, 1.54) is 0 Å². The van der Waals surface area contributed by atoms with Gasteiger partial charge < -0.3 is 5.73 Å². The van der Waals surface area contributed by atoms with E-state index in [-0.39, 0.29) is 5.92 Å². The maximum absolute atomic E-state index is 14.0. The van der Waals surface area contributed by atoms with Gasteiger partial charge in [0.2, 0.25) is 0 Å². The summed E-state index contributed by atoms with van der Waals surface area (Å²) < 4.78 is 14.0. The van der Waals surface area contributed by atoms with Crippen LogP contribution in [0.15, 0.2) is 24.3 Å². The van der Waals surface area contributed by atoms with Crippen molar-refractivity contribution in [3.63, 3.8) is 0 Å². The summed E-state index contributed by atoms with van der Waals surface area (Å²) in [4.78, 5) is 0. The van der Waals surface area contributed by atoms with Gasteiger partial charge in [-0.25, -0.2) is 4.39 Å². The van der Waals surface area contributed by atoms with Crippen LogP contribution in [0.25, 0.3) is 0 Å². The van der Waals surface area contributed by atoms with Crippen molar-refractivity contribution in [3.05, 3.63) is 35.4 Å². The summed E-state index contributed by atoms with van der Waals surface area (Å²) in [5, 5.41) is 0. The third kappa shape index (κ3) is 1.35. The summed E-state index contributed by atoms with van der Waals surface area (Å²) in [6, 6.07) is 7.64. The number of halogens is 1. The van der Waals surface area contributed by atoms with E-state index < -0.39 is 5.67 Å². The highest BCUT2D eigenvalue weighted by molar-refractivity contribution is 5.33. The molecule has 1 saturated carbocycles. The first-order chi connectivity index (χ1) is 6.16. The molecule has 70 valence electrons. The SMILES string of the molecule is Cc1cccc([C@@]2(F)C[C@@H]2CN)c1. The van der Waals surface area contributed by atoms with Gasteiger partial charge in [-0.3, -0.25) is 0 Å². The van der Waals surface area contributed by atoms with E-state index in [0.717, 1.165) is 11.1 Å². The van der Waals surface area contributed by atoms with Crippen molar-refractivity contribution in [1.82, 2.24) is 0 Å². The predicted octanol–water partition coefficient (Wildman–Crippen LogP) is 2.14. The molecule has 1 nitrogen and oxygen atoms in total. The van der Waals surface area contributed by atoms with Crippen LogP contribution in [0.3, 0.4) is 0 Å². The first-order valence-electron chi connectivity index (χ1n) is 4.63. The molecule has 1 aliphatic carbocycles. The summed E-state index contributed by atoms with van der Waals surface area (Å²) in [5.74, 6) is 0.0364. The number of rotatable bonds is 2. The van der Waals surface area contributed by atoms with Gasteiger partial charge in [-0.1, -0.05) is 29.8 Å². The van der Waals surface area contributed by atoms with Gasteiger partial charge in [0.05, 0.1) is 0 Å². The quantitative estimate of drug-likeness (QED) is 0.739. The van der Waals surface area contributed by atoms with Gasteiger partial charge >= 0.3 is 0 Å². The molecule has 0 radical (unpaired) electrons. The molecule has 0 aromatic heterocycles. The lowest BCUT2D eigenvalue weighted by atomic mass is 10.0. The first kappa shape index (κ1) is 8.70. The molecule has 2 rings (SSSR count). The van der Waals surface area contributed by atoms with E-state index in [1.54, 1.807) is 0 Å². The molecule has 0 unspecified atom stereocenters. The Morgan fingerprint density at radius 1 is 1.62 bits per heavy atom. The number of alkyl halides is 1. The average Bonchev–Trinajstić information content (AvgIpc) is 2.79. The van der Waals surface area contributed by atoms with Crippen LogP contribution in [0.5, 0.6) is 0 Å². The lowest BCUT2D eigenvalue weighted by Crippen LogP contribution is -2.10. The molecule has 0 saturated heterocycles. The van der Waals surface area contributed by atoms with Gasteiger partial charge in [-0.2, -0.15) is 0 Å². The zero-order valence-electron chi connectivity index (χ0n) is 7.76. The van der Waals surface area contributed by atoms with Crippen molar-refractivity contribution < 1.29 is 4.39 Å². The highest BCUT2D eigenvalue weighted by atomic mass is 19.1. The zero-order chi connectivity index (χ0) is 9.47. The standard InChI is InChI=1S/C11H14FN/c1-8-3-2-4-9(5-8)11(12)6-10(11)7-13/h2-5,10H,6-7,13H2,1H3/t10-,11+/m1/s1. The molecule has 0 spiro atoms. The molecule has 0 aliphatic heterocycles. The van der Waals surface area contributed by atoms with Crippen LogP contribution in [0, 0.1) is 12.8 Å². The Bertz CT molecular complexity index is 324. The largest absolute Gasteiger partial charge is 0.330 e. The minimum absolute atomic E-state index is 0.0364. The topological polar surface area (TPSA) is 26.0 Å². The van der Waals surface area contributed by atoms with Gasteiger partial charge in [-0.05, 0) is 25.5 Å². The van der Waals surface area contributed by atoms with E-state index in [0.29, 0.717) is 13.0 Å². The fraction of sp³-hybridized carbons (Fsp3) is 0.455. The molecule has 2 N–H and O–H groups in total. The van der Waals surface area contributed by atoms with Crippen molar-refractivity contribution in [2.45, 2.75) is 19.0 Å². The smallest absolute Gasteiger partial charge is 0.140 e. The van der Waals surface area contributed by atoms with Crippen LogP contribution < -0.4 is 5.73 Å². The van der Waals surface area contributed by atoms with Gasteiger partial charge in [0.25, 0.3) is 0 Å². The number of aryl methyl sites for hydroxylation is 1. The Morgan fingerprint density at radius 2 is 2.38 bits per heavy atom. The predicted molar refractivity (Wildman–Crippen MR) is 51.1 cm³/mol. The van der Waals surface area contributed by atoms with Crippen molar-refractivity contribution in [2.75, 3.05) is 6.54 Å². The second kappa shape index (κ2) is 2.81. The summed E-state index contributed by atoms with van der Waals surface area (Å²) in [7, 11) is 0. The Labute approximate surface area is 77.8 Å². The molecule has 0 amide bonds. The average molecular weight is 179 g/mol. The highest BCUT2D eigenvalue weighted by Gasteiger charge is 2.55. The summed E-state index contributed by atoms with van der Waals surface area (Å²) in [6.07, 6.45) is 0.590. The third-order valence-electron chi connectivity index (χ3n) is 2.81. The molecule has 1 aromatic carbocycles. The summed E-state index contributed by atoms with van der Waals surface area (Å²) in [5.41, 5.74) is 6.22. The van der Waals surface area contributed by atoms with Crippen LogP contribution in [-0.4, -0.2) is 6.54 Å².